The van der Waals surface area contributed by atoms with Gasteiger partial charge in [0.25, 0.3) is 0 Å². The van der Waals surface area contributed by atoms with Crippen molar-refractivity contribution in [2.45, 2.75) is 19.5 Å². The fourth-order valence-corrected chi connectivity index (χ4v) is 2.76. The lowest BCUT2D eigenvalue weighted by Crippen LogP contribution is -2.18. The van der Waals surface area contributed by atoms with Crippen LogP contribution in [-0.4, -0.2) is 36.8 Å². The van der Waals surface area contributed by atoms with Crippen LogP contribution in [0.25, 0.3) is 10.9 Å². The van der Waals surface area contributed by atoms with Gasteiger partial charge >= 0.3 is 0 Å². The minimum absolute atomic E-state index is 0.758. The SMILES string of the molecule is COCCNCc1ccc2c(ccn2CCCSC)c1. The number of thioether (sulfide) groups is 1. The maximum Gasteiger partial charge on any atom is 0.0587 e. The molecule has 110 valence electrons. The van der Waals surface area contributed by atoms with Crippen LogP contribution in [0.3, 0.4) is 0 Å². The lowest BCUT2D eigenvalue weighted by Gasteiger charge is -2.07. The van der Waals surface area contributed by atoms with Crippen molar-refractivity contribution in [3.63, 3.8) is 0 Å². The first kappa shape index (κ1) is 15.4. The Bertz CT molecular complexity index is 524. The first-order valence-electron chi connectivity index (χ1n) is 7.11. The molecule has 0 fully saturated rings. The monoisotopic (exact) mass is 292 g/mol. The highest BCUT2D eigenvalue weighted by atomic mass is 32.2. The van der Waals surface area contributed by atoms with Crippen molar-refractivity contribution < 1.29 is 4.74 Å². The van der Waals surface area contributed by atoms with Gasteiger partial charge in [0.1, 0.15) is 0 Å². The Kier molecular flexibility index (Phi) is 6.43. The quantitative estimate of drug-likeness (QED) is 0.719. The van der Waals surface area contributed by atoms with Crippen LogP contribution in [0.5, 0.6) is 0 Å². The van der Waals surface area contributed by atoms with E-state index in [2.05, 4.69) is 46.6 Å². The Balaban J connectivity index is 1.96. The molecule has 0 bridgehead atoms. The number of rotatable bonds is 9. The minimum atomic E-state index is 0.758. The second-order valence-corrected chi connectivity index (χ2v) is 5.90. The van der Waals surface area contributed by atoms with Crippen molar-refractivity contribution in [2.75, 3.05) is 32.3 Å². The largest absolute Gasteiger partial charge is 0.383 e. The van der Waals surface area contributed by atoms with Crippen molar-refractivity contribution in [1.29, 1.82) is 0 Å². The van der Waals surface area contributed by atoms with E-state index in [0.29, 0.717) is 0 Å². The Hall–Kier alpha value is -0.970. The smallest absolute Gasteiger partial charge is 0.0587 e. The van der Waals surface area contributed by atoms with Crippen LogP contribution in [0.4, 0.5) is 0 Å². The second kappa shape index (κ2) is 8.35. The maximum absolute atomic E-state index is 5.03. The fourth-order valence-electron chi connectivity index (χ4n) is 2.34. The zero-order chi connectivity index (χ0) is 14.2. The molecule has 1 N–H and O–H groups in total. The molecule has 2 aromatic rings. The predicted molar refractivity (Wildman–Crippen MR) is 88.5 cm³/mol. The van der Waals surface area contributed by atoms with E-state index in [4.69, 9.17) is 4.74 Å². The van der Waals surface area contributed by atoms with Crippen molar-refractivity contribution in [3.8, 4) is 0 Å². The summed E-state index contributed by atoms with van der Waals surface area (Å²) in [5.74, 6) is 1.22. The van der Waals surface area contributed by atoms with Gasteiger partial charge in [-0.15, -0.1) is 0 Å². The van der Waals surface area contributed by atoms with Crippen LogP contribution >= 0.6 is 11.8 Å². The number of methoxy groups -OCH3 is 1. The average Bonchev–Trinajstić information content (AvgIpc) is 2.87. The molecule has 0 aliphatic heterocycles. The highest BCUT2D eigenvalue weighted by Gasteiger charge is 2.02. The van der Waals surface area contributed by atoms with Gasteiger partial charge < -0.3 is 14.6 Å². The molecule has 3 nitrogen and oxygen atoms in total. The number of fused-ring (bicyclic) bond motifs is 1. The molecule has 0 saturated heterocycles. The fraction of sp³-hybridized carbons (Fsp3) is 0.500. The number of hydrogen-bond donors (Lipinski definition) is 1. The summed E-state index contributed by atoms with van der Waals surface area (Å²) in [6.45, 7) is 3.66. The molecule has 1 heterocycles. The number of nitrogens with one attached hydrogen (secondary N) is 1. The molecule has 0 spiro atoms. The molecule has 0 radical (unpaired) electrons. The number of aromatic nitrogens is 1. The summed E-state index contributed by atoms with van der Waals surface area (Å²) in [7, 11) is 1.73. The van der Waals surface area contributed by atoms with Gasteiger partial charge in [-0.25, -0.2) is 0 Å². The highest BCUT2D eigenvalue weighted by Crippen LogP contribution is 2.18. The molecule has 0 unspecified atom stereocenters. The van der Waals surface area contributed by atoms with Gasteiger partial charge in [-0.3, -0.25) is 0 Å². The molecule has 1 aromatic heterocycles. The van der Waals surface area contributed by atoms with Gasteiger partial charge in [0, 0.05) is 38.5 Å². The number of hydrogen-bond acceptors (Lipinski definition) is 3. The molecule has 0 atom stereocenters. The summed E-state index contributed by atoms with van der Waals surface area (Å²) < 4.78 is 7.39. The predicted octanol–water partition coefficient (Wildman–Crippen LogP) is 3.13. The van der Waals surface area contributed by atoms with Crippen LogP contribution < -0.4 is 5.32 Å². The third-order valence-corrected chi connectivity index (χ3v) is 4.09. The van der Waals surface area contributed by atoms with Gasteiger partial charge in [0.2, 0.25) is 0 Å². The third kappa shape index (κ3) is 4.27. The second-order valence-electron chi connectivity index (χ2n) is 4.92. The van der Waals surface area contributed by atoms with E-state index in [1.807, 2.05) is 11.8 Å². The molecule has 1 aromatic carbocycles. The van der Waals surface area contributed by atoms with Crippen LogP contribution in [-0.2, 0) is 17.8 Å². The van der Waals surface area contributed by atoms with Gasteiger partial charge in [-0.1, -0.05) is 6.07 Å². The summed E-state index contributed by atoms with van der Waals surface area (Å²) in [6, 6.07) is 8.95. The van der Waals surface area contributed by atoms with Crippen molar-refractivity contribution >= 4 is 22.7 Å². The molecule has 20 heavy (non-hydrogen) atoms. The van der Waals surface area contributed by atoms with Gasteiger partial charge in [0.05, 0.1) is 6.61 Å². The third-order valence-electron chi connectivity index (χ3n) is 3.39. The highest BCUT2D eigenvalue weighted by molar-refractivity contribution is 7.98. The lowest BCUT2D eigenvalue weighted by molar-refractivity contribution is 0.199. The Morgan fingerprint density at radius 2 is 2.20 bits per heavy atom. The van der Waals surface area contributed by atoms with Crippen LogP contribution in [0.15, 0.2) is 30.5 Å². The molecule has 0 saturated carbocycles. The minimum Gasteiger partial charge on any atom is -0.383 e. The molecule has 4 heteroatoms. The van der Waals surface area contributed by atoms with E-state index in [0.717, 1.165) is 26.2 Å². The molecule has 0 amide bonds. The maximum atomic E-state index is 5.03. The van der Waals surface area contributed by atoms with Crippen molar-refractivity contribution in [2.24, 2.45) is 0 Å². The number of ether oxygens (including phenoxy) is 1. The zero-order valence-corrected chi connectivity index (χ0v) is 13.2. The number of benzene rings is 1. The number of aryl methyl sites for hydroxylation is 1. The van der Waals surface area contributed by atoms with E-state index >= 15 is 0 Å². The van der Waals surface area contributed by atoms with E-state index < -0.39 is 0 Å². The van der Waals surface area contributed by atoms with Crippen LogP contribution in [0.1, 0.15) is 12.0 Å². The summed E-state index contributed by atoms with van der Waals surface area (Å²) in [5.41, 5.74) is 2.67. The summed E-state index contributed by atoms with van der Waals surface area (Å²) >= 11 is 1.91. The van der Waals surface area contributed by atoms with Gasteiger partial charge in [-0.2, -0.15) is 11.8 Å². The first-order valence-corrected chi connectivity index (χ1v) is 8.51. The van der Waals surface area contributed by atoms with Crippen LogP contribution in [0.2, 0.25) is 0 Å². The molecule has 0 aliphatic carbocycles. The summed E-state index contributed by atoms with van der Waals surface area (Å²) in [5, 5.41) is 4.71. The average molecular weight is 292 g/mol. The zero-order valence-electron chi connectivity index (χ0n) is 12.4. The lowest BCUT2D eigenvalue weighted by atomic mass is 10.1. The van der Waals surface area contributed by atoms with Gasteiger partial charge in [0.15, 0.2) is 0 Å². The molecular formula is C16H24N2OS. The molecule has 2 rings (SSSR count). The summed E-state index contributed by atoms with van der Waals surface area (Å²) in [6.07, 6.45) is 5.59. The Morgan fingerprint density at radius 3 is 3.00 bits per heavy atom. The van der Waals surface area contributed by atoms with Gasteiger partial charge in [-0.05, 0) is 47.6 Å². The van der Waals surface area contributed by atoms with Crippen LogP contribution in [0, 0.1) is 0 Å². The Morgan fingerprint density at radius 1 is 1.30 bits per heavy atom. The standard InChI is InChI=1S/C16H24N2OS/c1-19-10-7-17-13-14-4-5-16-15(12-14)6-9-18(16)8-3-11-20-2/h4-6,9,12,17H,3,7-8,10-11,13H2,1-2H3. The normalized spacial score (nSPS) is 11.3. The first-order chi connectivity index (χ1) is 9.85. The topological polar surface area (TPSA) is 26.2 Å². The van der Waals surface area contributed by atoms with E-state index in [1.165, 1.54) is 28.6 Å². The van der Waals surface area contributed by atoms with E-state index in [9.17, 15) is 0 Å². The van der Waals surface area contributed by atoms with Crippen molar-refractivity contribution in [3.05, 3.63) is 36.0 Å². The van der Waals surface area contributed by atoms with E-state index in [-0.39, 0.29) is 0 Å². The number of nitrogens with zero attached hydrogens (tertiary/aromatic N) is 1. The summed E-state index contributed by atoms with van der Waals surface area (Å²) in [4.78, 5) is 0. The van der Waals surface area contributed by atoms with Crippen molar-refractivity contribution in [1.82, 2.24) is 9.88 Å². The van der Waals surface area contributed by atoms with E-state index in [1.54, 1.807) is 7.11 Å². The molecule has 0 aliphatic rings. The Labute approximate surface area is 125 Å². The molecular weight excluding hydrogens is 268 g/mol.